The Morgan fingerprint density at radius 3 is 1.18 bits per heavy atom. The minimum absolute atomic E-state index is 0. The second-order valence-electron chi connectivity index (χ2n) is 0.424. The summed E-state index contributed by atoms with van der Waals surface area (Å²) in [7, 11) is 0. The van der Waals surface area contributed by atoms with Crippen molar-refractivity contribution >= 4 is 18.9 Å². The highest BCUT2D eigenvalue weighted by atomic mass is 16.3. The average molecular weight is 166 g/mol. The number of hydrogen-bond acceptors (Lipinski definition) is 4. The molecule has 0 aromatic rings. The molecule has 0 aromatic heterocycles. The maximum absolute atomic E-state index is 8.81. The van der Waals surface area contributed by atoms with Gasteiger partial charge in [-0.3, -0.25) is 4.79 Å². The Morgan fingerprint density at radius 2 is 1.18 bits per heavy atom. The van der Waals surface area contributed by atoms with Gasteiger partial charge in [-0.2, -0.15) is 9.59 Å². The summed E-state index contributed by atoms with van der Waals surface area (Å²) in [5.41, 5.74) is 0. The van der Waals surface area contributed by atoms with Gasteiger partial charge in [-0.05, 0) is 6.92 Å². The van der Waals surface area contributed by atoms with Gasteiger partial charge in [0.1, 0.15) is 6.29 Å². The molecule has 0 rings (SSSR count). The summed E-state index contributed by atoms with van der Waals surface area (Å²) in [5.74, 6) is 0. The van der Waals surface area contributed by atoms with Gasteiger partial charge < -0.3 is 9.90 Å². The molecule has 0 aliphatic heterocycles. The highest BCUT2D eigenvalue weighted by molar-refractivity contribution is 5.44. The van der Waals surface area contributed by atoms with Gasteiger partial charge in [-0.25, -0.2) is 0 Å². The molecule has 0 bridgehead atoms. The van der Waals surface area contributed by atoms with Crippen LogP contribution in [0.3, 0.4) is 0 Å². The molecule has 0 unspecified atom stereocenters. The van der Waals surface area contributed by atoms with Crippen LogP contribution in [0.2, 0.25) is 0 Å². The number of carbonyl (C=O) groups excluding carboxylic acids is 3. The Balaban J connectivity index is -0.0000000150. The predicted molar refractivity (Wildman–Crippen MR) is 38.9 cm³/mol. The first-order valence-electron chi connectivity index (χ1n) is 1.72. The molecule has 0 spiro atoms. The number of aldehydes is 1. The molecule has 11 heavy (non-hydrogen) atoms. The lowest BCUT2D eigenvalue weighted by atomic mass is 11.0. The van der Waals surface area contributed by atoms with Crippen molar-refractivity contribution < 1.29 is 24.3 Å². The third-order valence-corrected chi connectivity index (χ3v) is 0. The molecule has 1 N–H and O–H groups in total. The van der Waals surface area contributed by atoms with E-state index in [2.05, 4.69) is 0 Å². The Labute approximate surface area is 66.0 Å². The van der Waals surface area contributed by atoms with E-state index in [-0.39, 0.29) is 27.5 Å². The van der Waals surface area contributed by atoms with Gasteiger partial charge in [0.2, 0.25) is 0 Å². The van der Waals surface area contributed by atoms with Gasteiger partial charge in [0.05, 0.1) is 0 Å². The van der Waals surface area contributed by atoms with E-state index in [9.17, 15) is 0 Å². The van der Waals surface area contributed by atoms with E-state index < -0.39 is 0 Å². The molecular formula is C6H14O5. The van der Waals surface area contributed by atoms with E-state index in [1.165, 1.54) is 6.92 Å². The summed E-state index contributed by atoms with van der Waals surface area (Å²) in [6.45, 7) is 1.19. The van der Waals surface area contributed by atoms with E-state index >= 15 is 0 Å². The van der Waals surface area contributed by atoms with Crippen molar-refractivity contribution in [2.75, 3.05) is 0 Å². The van der Waals surface area contributed by atoms with E-state index in [0.29, 0.717) is 0 Å². The van der Waals surface area contributed by atoms with Crippen LogP contribution >= 0.6 is 0 Å². The predicted octanol–water partition coefficient (Wildman–Crippen LogP) is 0.595. The van der Waals surface area contributed by atoms with Crippen LogP contribution in [0.4, 0.5) is 0 Å². The minimum Gasteiger partial charge on any atom is -0.483 e. The van der Waals surface area contributed by atoms with E-state index in [1.807, 2.05) is 0 Å². The highest BCUT2D eigenvalue weighted by Gasteiger charge is 1.24. The van der Waals surface area contributed by atoms with Crippen LogP contribution < -0.4 is 0 Å². The zero-order chi connectivity index (χ0) is 8.12. The van der Waals surface area contributed by atoms with Crippen molar-refractivity contribution in [1.29, 1.82) is 0 Å². The normalized spacial score (nSPS) is 3.00. The molecule has 0 fully saturated rings. The van der Waals surface area contributed by atoms with Crippen molar-refractivity contribution in [2.45, 2.75) is 21.8 Å². The van der Waals surface area contributed by atoms with Gasteiger partial charge in [0.25, 0.3) is 6.47 Å². The first-order valence-corrected chi connectivity index (χ1v) is 1.72. The van der Waals surface area contributed by atoms with Crippen molar-refractivity contribution in [3.63, 3.8) is 0 Å². The molecule has 5 nitrogen and oxygen atoms in total. The average Bonchev–Trinajstić information content (AvgIpc) is 1.70. The zero-order valence-corrected chi connectivity index (χ0v) is 4.73. The molecule has 68 valence electrons. The third-order valence-electron chi connectivity index (χ3n) is 0. The van der Waals surface area contributed by atoms with Crippen LogP contribution in [-0.4, -0.2) is 24.0 Å². The summed E-state index contributed by atoms with van der Waals surface area (Å²) in [6.07, 6.45) is 1.00. The summed E-state index contributed by atoms with van der Waals surface area (Å²) in [5, 5.41) is 6.89. The van der Waals surface area contributed by atoms with Crippen molar-refractivity contribution in [2.24, 2.45) is 0 Å². The smallest absolute Gasteiger partial charge is 0.373 e. The van der Waals surface area contributed by atoms with Crippen LogP contribution in [0, 0.1) is 0 Å². The van der Waals surface area contributed by atoms with Gasteiger partial charge in [-0.15, -0.1) is 0 Å². The van der Waals surface area contributed by atoms with Gasteiger partial charge >= 0.3 is 6.15 Å². The fourth-order valence-corrected chi connectivity index (χ4v) is 0. The van der Waals surface area contributed by atoms with Crippen LogP contribution in [0.25, 0.3) is 0 Å². The van der Waals surface area contributed by atoms with Crippen LogP contribution in [0.1, 0.15) is 21.8 Å². The van der Waals surface area contributed by atoms with E-state index in [0.717, 1.165) is 6.29 Å². The number of carboxylic acid groups (broad SMARTS) is 1. The SMILES string of the molecule is C.C.CC=O.O=C=O.O=CO. The molecule has 0 amide bonds. The fraction of sp³-hybridized carbons (Fsp3) is 0.500. The van der Waals surface area contributed by atoms with Gasteiger partial charge in [0, 0.05) is 0 Å². The molecule has 0 aliphatic carbocycles. The maximum atomic E-state index is 8.81. The van der Waals surface area contributed by atoms with Gasteiger partial charge in [-0.1, -0.05) is 14.9 Å². The Bertz CT molecular complexity index is 77.0. The lowest BCUT2D eigenvalue weighted by Crippen LogP contribution is -1.49. The first kappa shape index (κ1) is 33.8. The quantitative estimate of drug-likeness (QED) is 0.532. The molecule has 0 saturated carbocycles. The first-order chi connectivity index (χ1) is 4.24. The molecule has 0 aliphatic rings. The second-order valence-corrected chi connectivity index (χ2v) is 0.424. The maximum Gasteiger partial charge on any atom is 0.373 e. The standard InChI is InChI=1S/C2H4O.CH2O2.CO2.2CH4/c1-2-3;2*2-1-3;;/h2H,1H3;1H,(H,2,3);;2*1H4. The minimum atomic E-state index is -0.250. The Morgan fingerprint density at radius 1 is 1.18 bits per heavy atom. The zero-order valence-electron chi connectivity index (χ0n) is 4.73. The van der Waals surface area contributed by atoms with Crippen LogP contribution in [0.15, 0.2) is 0 Å². The van der Waals surface area contributed by atoms with Crippen LogP contribution in [-0.2, 0) is 19.2 Å². The molecule has 0 heterocycles. The van der Waals surface area contributed by atoms with E-state index in [4.69, 9.17) is 24.3 Å². The van der Waals surface area contributed by atoms with Crippen molar-refractivity contribution in [1.82, 2.24) is 0 Å². The van der Waals surface area contributed by atoms with Gasteiger partial charge in [0.15, 0.2) is 0 Å². The number of hydrogen-bond donors (Lipinski definition) is 1. The van der Waals surface area contributed by atoms with Crippen molar-refractivity contribution in [3.8, 4) is 0 Å². The lowest BCUT2D eigenvalue weighted by Gasteiger charge is -1.34. The largest absolute Gasteiger partial charge is 0.483 e. The molecule has 0 aromatic carbocycles. The summed E-state index contributed by atoms with van der Waals surface area (Å²) in [6, 6.07) is 0. The monoisotopic (exact) mass is 166 g/mol. The molecule has 5 heteroatoms. The van der Waals surface area contributed by atoms with Crippen LogP contribution in [0.5, 0.6) is 0 Å². The summed E-state index contributed by atoms with van der Waals surface area (Å²) >= 11 is 0. The number of carbonyl (C=O) groups is 2. The molecule has 0 radical (unpaired) electrons. The third kappa shape index (κ3) is 165. The van der Waals surface area contributed by atoms with Crippen molar-refractivity contribution in [3.05, 3.63) is 0 Å². The molecule has 0 atom stereocenters. The summed E-state index contributed by atoms with van der Waals surface area (Å²) < 4.78 is 0. The number of rotatable bonds is 0. The topological polar surface area (TPSA) is 88.5 Å². The fourth-order valence-electron chi connectivity index (χ4n) is 0. The summed E-state index contributed by atoms with van der Waals surface area (Å²) in [4.78, 5) is 33.4. The highest BCUT2D eigenvalue weighted by Crippen LogP contribution is 1.13. The Hall–Kier alpha value is -1.48. The van der Waals surface area contributed by atoms with E-state index in [1.54, 1.807) is 0 Å². The second kappa shape index (κ2) is 209. The molecular weight excluding hydrogens is 152 g/mol. The molecule has 0 saturated heterocycles. The Kier molecular flexibility index (Phi) is 641. The lowest BCUT2D eigenvalue weighted by molar-refractivity contribution is -0.191.